The molecule has 4 heteroatoms. The fourth-order valence-electron chi connectivity index (χ4n) is 1.29. The van der Waals surface area contributed by atoms with Crippen LogP contribution in [0.25, 0.3) is 0 Å². The van der Waals surface area contributed by atoms with Crippen LogP contribution in [0.15, 0.2) is 0 Å². The third-order valence-corrected chi connectivity index (χ3v) is 2.13. The molecular weight excluding hydrogens is 170 g/mol. The molecule has 0 spiro atoms. The summed E-state index contributed by atoms with van der Waals surface area (Å²) in [6.07, 6.45) is 3.03. The zero-order valence-corrected chi connectivity index (χ0v) is 8.00. The highest BCUT2D eigenvalue weighted by Crippen LogP contribution is 2.33. The van der Waals surface area contributed by atoms with E-state index in [9.17, 15) is 9.59 Å². The van der Waals surface area contributed by atoms with Gasteiger partial charge in [0, 0.05) is 6.92 Å². The van der Waals surface area contributed by atoms with Crippen molar-refractivity contribution in [2.24, 2.45) is 5.92 Å². The maximum absolute atomic E-state index is 11.2. The van der Waals surface area contributed by atoms with E-state index in [1.54, 1.807) is 0 Å². The lowest BCUT2D eigenvalue weighted by atomic mass is 10.1. The molecule has 1 rings (SSSR count). The van der Waals surface area contributed by atoms with Gasteiger partial charge in [0.2, 0.25) is 5.91 Å². The monoisotopic (exact) mass is 185 g/mol. The summed E-state index contributed by atoms with van der Waals surface area (Å²) in [6.45, 7) is 1.41. The van der Waals surface area contributed by atoms with Gasteiger partial charge in [0.05, 0.1) is 7.11 Å². The van der Waals surface area contributed by atoms with Crippen LogP contribution in [0.1, 0.15) is 26.2 Å². The Morgan fingerprint density at radius 2 is 2.15 bits per heavy atom. The van der Waals surface area contributed by atoms with Crippen molar-refractivity contribution in [1.29, 1.82) is 0 Å². The van der Waals surface area contributed by atoms with Gasteiger partial charge in [-0.3, -0.25) is 4.79 Å². The SMILES string of the molecule is COC(=O)[C@H](CC1CC1)NC(C)=O. The Morgan fingerprint density at radius 3 is 2.54 bits per heavy atom. The van der Waals surface area contributed by atoms with Crippen LogP contribution in [0, 0.1) is 5.92 Å². The van der Waals surface area contributed by atoms with Gasteiger partial charge < -0.3 is 10.1 Å². The summed E-state index contributed by atoms with van der Waals surface area (Å²) < 4.78 is 4.59. The molecule has 1 N–H and O–H groups in total. The summed E-state index contributed by atoms with van der Waals surface area (Å²) in [6, 6.07) is -0.449. The highest BCUT2D eigenvalue weighted by molar-refractivity contribution is 5.83. The largest absolute Gasteiger partial charge is 0.467 e. The minimum atomic E-state index is -0.449. The van der Waals surface area contributed by atoms with Gasteiger partial charge in [-0.2, -0.15) is 0 Å². The molecule has 0 unspecified atom stereocenters. The third-order valence-electron chi connectivity index (χ3n) is 2.13. The van der Waals surface area contributed by atoms with E-state index in [0.29, 0.717) is 12.3 Å². The van der Waals surface area contributed by atoms with Crippen LogP contribution in [0.4, 0.5) is 0 Å². The number of rotatable bonds is 4. The van der Waals surface area contributed by atoms with Crippen LogP contribution in [-0.4, -0.2) is 25.0 Å². The first-order valence-electron chi connectivity index (χ1n) is 4.48. The molecule has 0 radical (unpaired) electrons. The van der Waals surface area contributed by atoms with Gasteiger partial charge in [-0.05, 0) is 12.3 Å². The molecule has 1 aliphatic carbocycles. The molecule has 4 nitrogen and oxygen atoms in total. The molecule has 1 amide bonds. The van der Waals surface area contributed by atoms with Gasteiger partial charge in [0.15, 0.2) is 0 Å². The molecule has 1 aliphatic rings. The van der Waals surface area contributed by atoms with Crippen molar-refractivity contribution in [3.05, 3.63) is 0 Å². The van der Waals surface area contributed by atoms with Gasteiger partial charge >= 0.3 is 5.97 Å². The van der Waals surface area contributed by atoms with E-state index in [1.807, 2.05) is 0 Å². The molecule has 13 heavy (non-hydrogen) atoms. The van der Waals surface area contributed by atoms with Crippen LogP contribution in [0.3, 0.4) is 0 Å². The number of carbonyl (C=O) groups excluding carboxylic acids is 2. The van der Waals surface area contributed by atoms with Gasteiger partial charge in [0.1, 0.15) is 6.04 Å². The van der Waals surface area contributed by atoms with Crippen molar-refractivity contribution in [3.63, 3.8) is 0 Å². The van der Waals surface area contributed by atoms with Crippen LogP contribution in [0.2, 0.25) is 0 Å². The molecule has 0 saturated heterocycles. The van der Waals surface area contributed by atoms with E-state index in [-0.39, 0.29) is 11.9 Å². The standard InChI is InChI=1S/C9H15NO3/c1-6(11)10-8(9(12)13-2)5-7-3-4-7/h7-8H,3-5H2,1-2H3,(H,10,11)/t8-/m0/s1. The van der Waals surface area contributed by atoms with E-state index in [4.69, 9.17) is 0 Å². The Morgan fingerprint density at radius 1 is 1.54 bits per heavy atom. The lowest BCUT2D eigenvalue weighted by molar-refractivity contribution is -0.145. The van der Waals surface area contributed by atoms with Crippen LogP contribution in [0.5, 0.6) is 0 Å². The molecule has 1 atom stereocenters. The molecule has 1 saturated carbocycles. The Kier molecular flexibility index (Phi) is 3.28. The predicted octanol–water partition coefficient (Wildman–Crippen LogP) is 0.464. The molecule has 0 heterocycles. The van der Waals surface area contributed by atoms with Crippen molar-refractivity contribution in [1.82, 2.24) is 5.32 Å². The van der Waals surface area contributed by atoms with Crippen molar-refractivity contribution in [2.45, 2.75) is 32.2 Å². The lowest BCUT2D eigenvalue weighted by Crippen LogP contribution is -2.40. The summed E-state index contributed by atoms with van der Waals surface area (Å²) >= 11 is 0. The number of carbonyl (C=O) groups is 2. The van der Waals surface area contributed by atoms with E-state index < -0.39 is 6.04 Å². The number of hydrogen-bond acceptors (Lipinski definition) is 3. The molecule has 0 aromatic heterocycles. The van der Waals surface area contributed by atoms with E-state index in [0.717, 1.165) is 12.8 Å². The maximum Gasteiger partial charge on any atom is 0.328 e. The van der Waals surface area contributed by atoms with Crippen molar-refractivity contribution in [3.8, 4) is 0 Å². The molecule has 74 valence electrons. The highest BCUT2D eigenvalue weighted by Gasteiger charge is 2.30. The minimum Gasteiger partial charge on any atom is -0.467 e. The second-order valence-corrected chi connectivity index (χ2v) is 3.46. The van der Waals surface area contributed by atoms with Crippen LogP contribution in [-0.2, 0) is 14.3 Å². The fraction of sp³-hybridized carbons (Fsp3) is 0.778. The molecule has 0 aliphatic heterocycles. The Labute approximate surface area is 77.6 Å². The Balaban J connectivity index is 2.41. The van der Waals surface area contributed by atoms with Crippen molar-refractivity contribution < 1.29 is 14.3 Å². The number of esters is 1. The quantitative estimate of drug-likeness (QED) is 0.647. The van der Waals surface area contributed by atoms with Gasteiger partial charge in [-0.1, -0.05) is 12.8 Å². The zero-order valence-electron chi connectivity index (χ0n) is 8.00. The first-order chi connectivity index (χ1) is 6.13. The fourth-order valence-corrected chi connectivity index (χ4v) is 1.29. The second kappa shape index (κ2) is 4.25. The molecule has 0 aromatic rings. The summed E-state index contributed by atoms with van der Waals surface area (Å²) in [5.41, 5.74) is 0. The van der Waals surface area contributed by atoms with Crippen molar-refractivity contribution >= 4 is 11.9 Å². The first kappa shape index (κ1) is 10.0. The van der Waals surface area contributed by atoms with Gasteiger partial charge in [-0.15, -0.1) is 0 Å². The summed E-state index contributed by atoms with van der Waals surface area (Å²) in [5, 5.41) is 2.59. The van der Waals surface area contributed by atoms with Gasteiger partial charge in [-0.25, -0.2) is 4.79 Å². The van der Waals surface area contributed by atoms with Gasteiger partial charge in [0.25, 0.3) is 0 Å². The number of methoxy groups -OCH3 is 1. The van der Waals surface area contributed by atoms with E-state index in [1.165, 1.54) is 14.0 Å². The Hall–Kier alpha value is -1.06. The zero-order chi connectivity index (χ0) is 9.84. The van der Waals surface area contributed by atoms with Crippen LogP contribution < -0.4 is 5.32 Å². The number of amides is 1. The summed E-state index contributed by atoms with van der Waals surface area (Å²) in [4.78, 5) is 21.9. The number of nitrogens with one attached hydrogen (secondary N) is 1. The second-order valence-electron chi connectivity index (χ2n) is 3.46. The van der Waals surface area contributed by atoms with E-state index in [2.05, 4.69) is 10.1 Å². The highest BCUT2D eigenvalue weighted by atomic mass is 16.5. The first-order valence-corrected chi connectivity index (χ1v) is 4.48. The number of ether oxygens (including phenoxy) is 1. The Bertz CT molecular complexity index is 211. The lowest BCUT2D eigenvalue weighted by Gasteiger charge is -2.14. The molecule has 0 bridgehead atoms. The van der Waals surface area contributed by atoms with Crippen molar-refractivity contribution in [2.75, 3.05) is 7.11 Å². The smallest absolute Gasteiger partial charge is 0.328 e. The van der Waals surface area contributed by atoms with E-state index >= 15 is 0 Å². The minimum absolute atomic E-state index is 0.184. The van der Waals surface area contributed by atoms with Crippen LogP contribution >= 0.6 is 0 Å². The number of hydrogen-bond donors (Lipinski definition) is 1. The average molecular weight is 185 g/mol. The normalized spacial score (nSPS) is 17.7. The topological polar surface area (TPSA) is 55.4 Å². The predicted molar refractivity (Wildman–Crippen MR) is 47.0 cm³/mol. The molecular formula is C9H15NO3. The molecule has 1 fully saturated rings. The summed E-state index contributed by atoms with van der Waals surface area (Å²) in [7, 11) is 1.34. The average Bonchev–Trinajstić information content (AvgIpc) is 2.85. The maximum atomic E-state index is 11.2. The molecule has 0 aromatic carbocycles. The summed E-state index contributed by atoms with van der Waals surface area (Å²) in [5.74, 6) is 0.0640. The third kappa shape index (κ3) is 3.44.